The van der Waals surface area contributed by atoms with Crippen LogP contribution >= 0.6 is 23.2 Å². The number of aromatic nitrogens is 2. The number of halogens is 5. The first-order valence-electron chi connectivity index (χ1n) is 7.84. The second kappa shape index (κ2) is 8.12. The van der Waals surface area contributed by atoms with E-state index in [4.69, 9.17) is 23.2 Å². The first-order valence-corrected chi connectivity index (χ1v) is 8.60. The molecule has 1 amide bonds. The first-order chi connectivity index (χ1) is 13.2. The van der Waals surface area contributed by atoms with Gasteiger partial charge in [-0.25, -0.2) is 4.98 Å². The van der Waals surface area contributed by atoms with Crippen molar-refractivity contribution in [2.45, 2.75) is 12.9 Å². The molecule has 146 valence electrons. The quantitative estimate of drug-likeness (QED) is 0.620. The first kappa shape index (κ1) is 20.0. The molecule has 0 aliphatic heterocycles. The highest BCUT2D eigenvalue weighted by Gasteiger charge is 2.30. The van der Waals surface area contributed by atoms with Gasteiger partial charge in [-0.2, -0.15) is 0 Å². The molecule has 0 aliphatic carbocycles. The van der Waals surface area contributed by atoms with Gasteiger partial charge < -0.3 is 10.1 Å². The number of rotatable bonds is 5. The lowest BCUT2D eigenvalue weighted by Gasteiger charge is -2.11. The Morgan fingerprint density at radius 2 is 1.89 bits per heavy atom. The van der Waals surface area contributed by atoms with Crippen LogP contribution in [0.25, 0.3) is 5.82 Å². The Morgan fingerprint density at radius 3 is 2.54 bits per heavy atom. The summed E-state index contributed by atoms with van der Waals surface area (Å²) in [7, 11) is 0. The van der Waals surface area contributed by atoms with E-state index in [1.165, 1.54) is 41.1 Å². The van der Waals surface area contributed by atoms with Gasteiger partial charge >= 0.3 is 6.36 Å². The zero-order chi connectivity index (χ0) is 20.3. The van der Waals surface area contributed by atoms with Crippen molar-refractivity contribution in [1.29, 1.82) is 0 Å². The Labute approximate surface area is 167 Å². The van der Waals surface area contributed by atoms with Crippen molar-refractivity contribution < 1.29 is 22.7 Å². The molecule has 1 N–H and O–H groups in total. The molecule has 0 saturated heterocycles. The second-order valence-corrected chi connectivity index (χ2v) is 6.44. The Morgan fingerprint density at radius 1 is 1.18 bits per heavy atom. The Bertz CT molecular complexity index is 988. The molecule has 3 aromatic rings. The summed E-state index contributed by atoms with van der Waals surface area (Å²) in [6.07, 6.45) is -1.71. The number of carbonyl (C=O) groups is 1. The number of benzene rings is 1. The van der Waals surface area contributed by atoms with Gasteiger partial charge in [0.15, 0.2) is 5.82 Å². The number of nitrogens with one attached hydrogen (secondary N) is 1. The summed E-state index contributed by atoms with van der Waals surface area (Å²) < 4.78 is 41.8. The van der Waals surface area contributed by atoms with E-state index in [0.717, 1.165) is 0 Å². The topological polar surface area (TPSA) is 56.1 Å². The van der Waals surface area contributed by atoms with Crippen molar-refractivity contribution in [3.8, 4) is 11.6 Å². The SMILES string of the molecule is O=C(NCc1ccc(OC(F)(F)F)cc1)c1cccn1-c1ncc(Cl)cc1Cl. The fourth-order valence-electron chi connectivity index (χ4n) is 2.42. The largest absolute Gasteiger partial charge is 0.573 e. The number of amides is 1. The maximum Gasteiger partial charge on any atom is 0.573 e. The molecule has 3 rings (SSSR count). The Kier molecular flexibility index (Phi) is 5.81. The third kappa shape index (κ3) is 4.96. The van der Waals surface area contributed by atoms with E-state index in [9.17, 15) is 18.0 Å². The van der Waals surface area contributed by atoms with Gasteiger partial charge in [0.25, 0.3) is 5.91 Å². The molecular formula is C18H12Cl2F3N3O2. The van der Waals surface area contributed by atoms with Crippen LogP contribution in [0.4, 0.5) is 13.2 Å². The van der Waals surface area contributed by atoms with Gasteiger partial charge in [0.2, 0.25) is 0 Å². The summed E-state index contributed by atoms with van der Waals surface area (Å²) in [6.45, 7) is 0.109. The summed E-state index contributed by atoms with van der Waals surface area (Å²) in [5, 5.41) is 3.33. The number of ether oxygens (including phenoxy) is 1. The van der Waals surface area contributed by atoms with Crippen molar-refractivity contribution in [1.82, 2.24) is 14.9 Å². The normalized spacial score (nSPS) is 11.3. The minimum atomic E-state index is -4.75. The van der Waals surface area contributed by atoms with Crippen LogP contribution in [0, 0.1) is 0 Å². The highest BCUT2D eigenvalue weighted by molar-refractivity contribution is 6.35. The van der Waals surface area contributed by atoms with Crippen LogP contribution in [-0.2, 0) is 6.54 Å². The van der Waals surface area contributed by atoms with Gasteiger partial charge in [-0.1, -0.05) is 35.3 Å². The molecule has 1 aromatic carbocycles. The van der Waals surface area contributed by atoms with Crippen LogP contribution < -0.4 is 10.1 Å². The molecule has 28 heavy (non-hydrogen) atoms. The van der Waals surface area contributed by atoms with Crippen LogP contribution in [0.3, 0.4) is 0 Å². The molecule has 5 nitrogen and oxygen atoms in total. The minimum absolute atomic E-state index is 0.109. The molecule has 0 unspecified atom stereocenters. The van der Waals surface area contributed by atoms with Crippen molar-refractivity contribution in [2.75, 3.05) is 0 Å². The van der Waals surface area contributed by atoms with Gasteiger partial charge in [-0.05, 0) is 35.9 Å². The van der Waals surface area contributed by atoms with Crippen LogP contribution in [0.5, 0.6) is 5.75 Å². The van der Waals surface area contributed by atoms with E-state index in [2.05, 4.69) is 15.0 Å². The third-order valence-electron chi connectivity index (χ3n) is 3.61. The number of pyridine rings is 1. The van der Waals surface area contributed by atoms with Gasteiger partial charge in [0.1, 0.15) is 11.4 Å². The van der Waals surface area contributed by atoms with Gasteiger partial charge in [0.05, 0.1) is 10.0 Å². The maximum absolute atomic E-state index is 12.5. The lowest BCUT2D eigenvalue weighted by molar-refractivity contribution is -0.274. The average Bonchev–Trinajstić information content (AvgIpc) is 3.09. The fraction of sp³-hybridized carbons (Fsp3) is 0.111. The molecular weight excluding hydrogens is 418 g/mol. The summed E-state index contributed by atoms with van der Waals surface area (Å²) in [5.74, 6) is -0.400. The number of nitrogens with zero attached hydrogens (tertiary/aromatic N) is 2. The molecule has 0 saturated carbocycles. The van der Waals surface area contributed by atoms with Crippen molar-refractivity contribution in [3.05, 3.63) is 76.2 Å². The number of alkyl halides is 3. The molecule has 2 heterocycles. The molecule has 0 spiro atoms. The summed E-state index contributed by atoms with van der Waals surface area (Å²) >= 11 is 12.0. The molecule has 10 heteroatoms. The lowest BCUT2D eigenvalue weighted by atomic mass is 10.2. The van der Waals surface area contributed by atoms with E-state index in [1.54, 1.807) is 18.3 Å². The molecule has 2 aromatic heterocycles. The van der Waals surface area contributed by atoms with Gasteiger partial charge in [-0.15, -0.1) is 13.2 Å². The molecule has 0 atom stereocenters. The fourth-order valence-corrected chi connectivity index (χ4v) is 2.89. The molecule has 0 aliphatic rings. The maximum atomic E-state index is 12.5. The van der Waals surface area contributed by atoms with Crippen LogP contribution in [0.15, 0.2) is 54.9 Å². The molecule has 0 radical (unpaired) electrons. The highest BCUT2D eigenvalue weighted by Crippen LogP contribution is 2.24. The average molecular weight is 430 g/mol. The van der Waals surface area contributed by atoms with Crippen LogP contribution in [0.1, 0.15) is 16.1 Å². The smallest absolute Gasteiger partial charge is 0.406 e. The minimum Gasteiger partial charge on any atom is -0.406 e. The lowest BCUT2D eigenvalue weighted by Crippen LogP contribution is -2.25. The van der Waals surface area contributed by atoms with Gasteiger partial charge in [-0.3, -0.25) is 9.36 Å². The second-order valence-electron chi connectivity index (χ2n) is 5.60. The summed E-state index contributed by atoms with van der Waals surface area (Å²) in [4.78, 5) is 16.6. The van der Waals surface area contributed by atoms with Crippen LogP contribution in [0.2, 0.25) is 10.0 Å². The third-order valence-corrected chi connectivity index (χ3v) is 4.09. The van der Waals surface area contributed by atoms with E-state index >= 15 is 0 Å². The predicted molar refractivity (Wildman–Crippen MR) is 97.9 cm³/mol. The Balaban J connectivity index is 1.69. The van der Waals surface area contributed by atoms with E-state index in [1.807, 2.05) is 0 Å². The highest BCUT2D eigenvalue weighted by atomic mass is 35.5. The zero-order valence-electron chi connectivity index (χ0n) is 14.0. The zero-order valence-corrected chi connectivity index (χ0v) is 15.5. The van der Waals surface area contributed by atoms with Crippen molar-refractivity contribution in [2.24, 2.45) is 0 Å². The predicted octanol–water partition coefficient (Wildman–Crippen LogP) is 5.01. The number of carbonyl (C=O) groups excluding carboxylic acids is 1. The van der Waals surface area contributed by atoms with E-state index in [-0.39, 0.29) is 23.0 Å². The standard InChI is InChI=1S/C18H12Cl2F3N3O2/c19-12-8-14(20)16(24-10-12)26-7-1-2-15(26)17(27)25-9-11-3-5-13(6-4-11)28-18(21,22)23/h1-8,10H,9H2,(H,25,27). The summed E-state index contributed by atoms with van der Waals surface area (Å²) in [6, 6.07) is 9.96. The number of hydrogen-bond acceptors (Lipinski definition) is 3. The summed E-state index contributed by atoms with van der Waals surface area (Å²) in [5.41, 5.74) is 0.886. The molecule has 0 bridgehead atoms. The van der Waals surface area contributed by atoms with E-state index in [0.29, 0.717) is 16.4 Å². The van der Waals surface area contributed by atoms with Crippen molar-refractivity contribution >= 4 is 29.1 Å². The number of hydrogen-bond donors (Lipinski definition) is 1. The van der Waals surface area contributed by atoms with Gasteiger partial charge in [0, 0.05) is 18.9 Å². The van der Waals surface area contributed by atoms with Crippen molar-refractivity contribution in [3.63, 3.8) is 0 Å². The Hall–Kier alpha value is -2.71. The van der Waals surface area contributed by atoms with E-state index < -0.39 is 12.3 Å². The molecule has 0 fully saturated rings. The monoisotopic (exact) mass is 429 g/mol. The van der Waals surface area contributed by atoms with Crippen LogP contribution in [-0.4, -0.2) is 21.8 Å².